The largest absolute Gasteiger partial charge is 0.468 e. The molecule has 3 rings (SSSR count). The number of rotatable bonds is 8. The Morgan fingerprint density at radius 1 is 1.38 bits per heavy atom. The zero-order chi connectivity index (χ0) is 18.4. The zero-order valence-electron chi connectivity index (χ0n) is 14.3. The Bertz CT molecular complexity index is 788. The molecule has 0 bridgehead atoms. The molecule has 142 valence electrons. The molecule has 1 aliphatic heterocycles. The van der Waals surface area contributed by atoms with Crippen LogP contribution < -0.4 is 5.32 Å². The van der Waals surface area contributed by atoms with Crippen molar-refractivity contribution in [2.75, 3.05) is 25.4 Å². The molecule has 0 saturated carbocycles. The molecule has 6 nitrogen and oxygen atoms in total. The smallest absolute Gasteiger partial charge is 0.252 e. The number of nitrogens with one attached hydrogen (secondary N) is 1. The van der Waals surface area contributed by atoms with Gasteiger partial charge in [0.2, 0.25) is 5.91 Å². The van der Waals surface area contributed by atoms with Crippen molar-refractivity contribution in [3.05, 3.63) is 41.7 Å². The van der Waals surface area contributed by atoms with E-state index in [1.54, 1.807) is 35.5 Å². The second kappa shape index (κ2) is 9.07. The zero-order valence-corrected chi connectivity index (χ0v) is 16.7. The summed E-state index contributed by atoms with van der Waals surface area (Å²) in [6.45, 7) is 1.30. The predicted molar refractivity (Wildman–Crippen MR) is 104 cm³/mol. The fourth-order valence-corrected chi connectivity index (χ4v) is 6.29. The molecule has 26 heavy (non-hydrogen) atoms. The summed E-state index contributed by atoms with van der Waals surface area (Å²) in [4.78, 5) is 12.4. The summed E-state index contributed by atoms with van der Waals surface area (Å²) in [7, 11) is -3.48. The van der Waals surface area contributed by atoms with Crippen molar-refractivity contribution in [2.45, 2.75) is 22.8 Å². The summed E-state index contributed by atoms with van der Waals surface area (Å²) < 4.78 is 32.3. The first-order chi connectivity index (χ1) is 12.6. The van der Waals surface area contributed by atoms with Gasteiger partial charge in [0.25, 0.3) is 10.0 Å². The van der Waals surface area contributed by atoms with E-state index in [9.17, 15) is 13.2 Å². The van der Waals surface area contributed by atoms with Crippen molar-refractivity contribution in [3.63, 3.8) is 0 Å². The number of carbonyl (C=O) groups is 1. The molecule has 1 aliphatic rings. The lowest BCUT2D eigenvalue weighted by molar-refractivity contribution is -0.125. The lowest BCUT2D eigenvalue weighted by Gasteiger charge is -2.30. The monoisotopic (exact) mass is 414 g/mol. The number of sulfonamides is 1. The number of amides is 1. The molecule has 2 aromatic rings. The normalized spacial score (nSPS) is 18.7. The number of piperidine rings is 1. The van der Waals surface area contributed by atoms with Crippen LogP contribution in [0.5, 0.6) is 0 Å². The van der Waals surface area contributed by atoms with Gasteiger partial charge in [-0.15, -0.1) is 11.3 Å². The third-order valence-corrected chi connectivity index (χ3v) is 8.43. The van der Waals surface area contributed by atoms with E-state index in [1.807, 2.05) is 12.1 Å². The Morgan fingerprint density at radius 2 is 2.27 bits per heavy atom. The molecule has 1 unspecified atom stereocenters. The Morgan fingerprint density at radius 3 is 3.00 bits per heavy atom. The summed E-state index contributed by atoms with van der Waals surface area (Å²) in [5.41, 5.74) is 0. The van der Waals surface area contributed by atoms with Crippen LogP contribution in [0.25, 0.3) is 0 Å². The highest BCUT2D eigenvalue weighted by Crippen LogP contribution is 2.26. The Balaban J connectivity index is 1.44. The van der Waals surface area contributed by atoms with E-state index >= 15 is 0 Å². The highest BCUT2D eigenvalue weighted by molar-refractivity contribution is 7.98. The van der Waals surface area contributed by atoms with Crippen LogP contribution in [0, 0.1) is 5.92 Å². The summed E-state index contributed by atoms with van der Waals surface area (Å²) in [5.74, 6) is 2.14. The molecule has 1 atom stereocenters. The Labute approximate surface area is 162 Å². The number of thioether (sulfide) groups is 1. The van der Waals surface area contributed by atoms with Gasteiger partial charge in [-0.25, -0.2) is 8.42 Å². The van der Waals surface area contributed by atoms with E-state index in [0.717, 1.165) is 23.7 Å². The van der Waals surface area contributed by atoms with Gasteiger partial charge < -0.3 is 9.73 Å². The second-order valence-corrected chi connectivity index (χ2v) is 10.3. The van der Waals surface area contributed by atoms with Crippen LogP contribution in [0.4, 0.5) is 0 Å². The fraction of sp³-hybridized carbons (Fsp3) is 0.471. The molecular formula is C17H22N2O4S3. The van der Waals surface area contributed by atoms with Gasteiger partial charge in [0.1, 0.15) is 9.97 Å². The topological polar surface area (TPSA) is 79.6 Å². The summed E-state index contributed by atoms with van der Waals surface area (Å²) in [6, 6.07) is 7.12. The van der Waals surface area contributed by atoms with Gasteiger partial charge >= 0.3 is 0 Å². The van der Waals surface area contributed by atoms with Gasteiger partial charge in [-0.05, 0) is 36.4 Å². The number of carbonyl (C=O) groups excluding carboxylic acids is 1. The number of nitrogens with zero attached hydrogens (tertiary/aromatic N) is 1. The van der Waals surface area contributed by atoms with Crippen molar-refractivity contribution in [1.82, 2.24) is 9.62 Å². The SMILES string of the molecule is O=C(NCCSCc1ccco1)C1CCCN(S(=O)(=O)c2cccs2)C1. The van der Waals surface area contributed by atoms with Crippen LogP contribution in [-0.4, -0.2) is 44.0 Å². The Kier molecular flexibility index (Phi) is 6.80. The first kappa shape index (κ1) is 19.5. The lowest BCUT2D eigenvalue weighted by Crippen LogP contribution is -2.45. The highest BCUT2D eigenvalue weighted by atomic mass is 32.2. The maximum atomic E-state index is 12.6. The first-order valence-electron chi connectivity index (χ1n) is 8.49. The molecule has 1 N–H and O–H groups in total. The van der Waals surface area contributed by atoms with E-state index in [2.05, 4.69) is 5.32 Å². The Hall–Kier alpha value is -1.29. The minimum absolute atomic E-state index is 0.0605. The average molecular weight is 415 g/mol. The third-order valence-electron chi connectivity index (χ3n) is 4.21. The van der Waals surface area contributed by atoms with Gasteiger partial charge in [-0.1, -0.05) is 6.07 Å². The van der Waals surface area contributed by atoms with Crippen molar-refractivity contribution >= 4 is 39.0 Å². The van der Waals surface area contributed by atoms with E-state index < -0.39 is 10.0 Å². The third kappa shape index (κ3) is 4.91. The molecule has 0 aromatic carbocycles. The van der Waals surface area contributed by atoms with Crippen LogP contribution in [0.15, 0.2) is 44.5 Å². The molecule has 1 saturated heterocycles. The summed E-state index contributed by atoms with van der Waals surface area (Å²) in [6.07, 6.45) is 3.08. The van der Waals surface area contributed by atoms with E-state index in [-0.39, 0.29) is 18.4 Å². The molecule has 1 fully saturated rings. The van der Waals surface area contributed by atoms with Gasteiger partial charge in [-0.2, -0.15) is 16.1 Å². The van der Waals surface area contributed by atoms with Crippen molar-refractivity contribution in [1.29, 1.82) is 0 Å². The molecule has 0 spiro atoms. The second-order valence-electron chi connectivity index (χ2n) is 6.06. The van der Waals surface area contributed by atoms with Crippen LogP contribution >= 0.6 is 23.1 Å². The summed E-state index contributed by atoms with van der Waals surface area (Å²) in [5, 5.41) is 4.68. The van der Waals surface area contributed by atoms with Crippen LogP contribution in [-0.2, 0) is 20.6 Å². The number of hydrogen-bond acceptors (Lipinski definition) is 6. The lowest BCUT2D eigenvalue weighted by atomic mass is 9.99. The minimum atomic E-state index is -3.48. The van der Waals surface area contributed by atoms with Gasteiger partial charge in [0.05, 0.1) is 17.9 Å². The standard InChI is InChI=1S/C17H22N2O4S3/c20-17(18-7-11-24-13-15-5-2-9-23-15)14-4-1-8-19(12-14)26(21,22)16-6-3-10-25-16/h2-3,5-6,9-10,14H,1,4,7-8,11-13H2,(H,18,20). The maximum Gasteiger partial charge on any atom is 0.252 e. The average Bonchev–Trinajstić information content (AvgIpc) is 3.35. The van der Waals surface area contributed by atoms with Crippen LogP contribution in [0.3, 0.4) is 0 Å². The van der Waals surface area contributed by atoms with Crippen LogP contribution in [0.1, 0.15) is 18.6 Å². The summed E-state index contributed by atoms with van der Waals surface area (Å²) >= 11 is 2.90. The molecule has 3 heterocycles. The van der Waals surface area contributed by atoms with Gasteiger partial charge in [0.15, 0.2) is 0 Å². The minimum Gasteiger partial charge on any atom is -0.468 e. The molecule has 2 aromatic heterocycles. The maximum absolute atomic E-state index is 12.6. The number of thiophene rings is 1. The molecular weight excluding hydrogens is 392 g/mol. The van der Waals surface area contributed by atoms with E-state index in [1.165, 1.54) is 15.6 Å². The quantitative estimate of drug-likeness (QED) is 0.672. The molecule has 0 aliphatic carbocycles. The molecule has 9 heteroatoms. The van der Waals surface area contributed by atoms with E-state index in [0.29, 0.717) is 23.7 Å². The van der Waals surface area contributed by atoms with Crippen molar-refractivity contribution in [2.24, 2.45) is 5.92 Å². The van der Waals surface area contributed by atoms with Crippen LogP contribution in [0.2, 0.25) is 0 Å². The molecule has 0 radical (unpaired) electrons. The number of furan rings is 1. The predicted octanol–water partition coefficient (Wildman–Crippen LogP) is 2.79. The molecule has 1 amide bonds. The fourth-order valence-electron chi connectivity index (χ4n) is 2.87. The van der Waals surface area contributed by atoms with Gasteiger partial charge in [-0.3, -0.25) is 4.79 Å². The van der Waals surface area contributed by atoms with E-state index in [4.69, 9.17) is 4.42 Å². The highest BCUT2D eigenvalue weighted by Gasteiger charge is 2.33. The number of hydrogen-bond donors (Lipinski definition) is 1. The van der Waals surface area contributed by atoms with Crippen molar-refractivity contribution < 1.29 is 17.6 Å². The van der Waals surface area contributed by atoms with Crippen molar-refractivity contribution in [3.8, 4) is 0 Å². The van der Waals surface area contributed by atoms with Gasteiger partial charge in [0, 0.05) is 25.4 Å². The first-order valence-corrected chi connectivity index (χ1v) is 12.0.